The number of nitrogens with one attached hydrogen (secondary N) is 2. The van der Waals surface area contributed by atoms with Gasteiger partial charge in [0.25, 0.3) is 5.56 Å². The predicted octanol–water partition coefficient (Wildman–Crippen LogP) is 1.27. The van der Waals surface area contributed by atoms with Crippen molar-refractivity contribution in [3.05, 3.63) is 51.9 Å². The third kappa shape index (κ3) is 1.52. The van der Waals surface area contributed by atoms with Gasteiger partial charge in [-0.2, -0.15) is 0 Å². The Morgan fingerprint density at radius 3 is 2.94 bits per heavy atom. The van der Waals surface area contributed by atoms with Crippen LogP contribution in [-0.4, -0.2) is 16.7 Å². The van der Waals surface area contributed by atoms with Crippen molar-refractivity contribution in [3.63, 3.8) is 0 Å². The van der Waals surface area contributed by atoms with Gasteiger partial charge in [-0.25, -0.2) is 0 Å². The number of fused-ring (bicyclic) bond motifs is 1. The van der Waals surface area contributed by atoms with Crippen LogP contribution in [0.1, 0.15) is 11.3 Å². The van der Waals surface area contributed by atoms with E-state index in [2.05, 4.69) is 39.4 Å². The number of hydrogen-bond donors (Lipinski definition) is 2. The number of nitrogens with zero attached hydrogens (tertiary/aromatic N) is 1. The van der Waals surface area contributed by atoms with Gasteiger partial charge in [0.15, 0.2) is 0 Å². The second-order valence-corrected chi connectivity index (χ2v) is 4.08. The van der Waals surface area contributed by atoms with E-state index in [1.54, 1.807) is 6.07 Å². The summed E-state index contributed by atoms with van der Waals surface area (Å²) in [5.41, 5.74) is 3.54. The molecule has 1 aliphatic rings. The molecule has 2 aromatic rings. The molecule has 0 aliphatic carbocycles. The standard InChI is InChI=1S/C12H13N3O/c16-12-7-10(13-14-12)8-15-6-5-9-3-1-2-4-11(9)15/h1-4,7H,5-6,8H2,(H2,13,14,16). The van der Waals surface area contributed by atoms with Gasteiger partial charge in [-0.15, -0.1) is 0 Å². The van der Waals surface area contributed by atoms with Crippen molar-refractivity contribution in [2.24, 2.45) is 0 Å². The van der Waals surface area contributed by atoms with Crippen molar-refractivity contribution in [3.8, 4) is 0 Å². The summed E-state index contributed by atoms with van der Waals surface area (Å²) in [6.07, 6.45) is 1.09. The zero-order valence-electron chi connectivity index (χ0n) is 8.86. The highest BCUT2D eigenvalue weighted by molar-refractivity contribution is 5.57. The molecule has 0 radical (unpaired) electrons. The van der Waals surface area contributed by atoms with E-state index in [1.165, 1.54) is 11.3 Å². The Bertz CT molecular complexity index is 555. The molecule has 0 fully saturated rings. The molecule has 0 unspecified atom stereocenters. The Labute approximate surface area is 92.9 Å². The minimum atomic E-state index is -0.0671. The lowest BCUT2D eigenvalue weighted by Crippen LogP contribution is -2.19. The normalized spacial score (nSPS) is 14.1. The van der Waals surface area contributed by atoms with Crippen molar-refractivity contribution in [1.82, 2.24) is 10.2 Å². The van der Waals surface area contributed by atoms with Crippen molar-refractivity contribution in [2.75, 3.05) is 11.4 Å². The second kappa shape index (κ2) is 3.56. The van der Waals surface area contributed by atoms with Crippen LogP contribution in [-0.2, 0) is 13.0 Å². The summed E-state index contributed by atoms with van der Waals surface area (Å²) in [6.45, 7) is 1.78. The Morgan fingerprint density at radius 1 is 1.25 bits per heavy atom. The van der Waals surface area contributed by atoms with Crippen molar-refractivity contribution >= 4 is 5.69 Å². The number of H-pyrrole nitrogens is 2. The number of aromatic nitrogens is 2. The topological polar surface area (TPSA) is 51.9 Å². The van der Waals surface area contributed by atoms with Gasteiger partial charge in [-0.3, -0.25) is 9.89 Å². The molecule has 1 aliphatic heterocycles. The van der Waals surface area contributed by atoms with Gasteiger partial charge in [0.1, 0.15) is 0 Å². The first-order valence-corrected chi connectivity index (χ1v) is 5.42. The molecule has 0 saturated carbocycles. The molecule has 4 heteroatoms. The second-order valence-electron chi connectivity index (χ2n) is 4.08. The first-order valence-electron chi connectivity index (χ1n) is 5.42. The minimum absolute atomic E-state index is 0.0671. The summed E-state index contributed by atoms with van der Waals surface area (Å²) >= 11 is 0. The Morgan fingerprint density at radius 2 is 2.12 bits per heavy atom. The first-order chi connectivity index (χ1) is 7.83. The number of hydrogen-bond acceptors (Lipinski definition) is 2. The molecule has 4 nitrogen and oxygen atoms in total. The van der Waals surface area contributed by atoms with E-state index in [-0.39, 0.29) is 5.56 Å². The largest absolute Gasteiger partial charge is 0.365 e. The summed E-state index contributed by atoms with van der Waals surface area (Å²) in [5, 5.41) is 5.44. The molecule has 3 rings (SSSR count). The lowest BCUT2D eigenvalue weighted by Gasteiger charge is -2.17. The van der Waals surface area contributed by atoms with Crippen LogP contribution in [0.2, 0.25) is 0 Å². The number of benzene rings is 1. The van der Waals surface area contributed by atoms with E-state index in [1.807, 2.05) is 0 Å². The third-order valence-electron chi connectivity index (χ3n) is 3.00. The van der Waals surface area contributed by atoms with Gasteiger partial charge in [-0.1, -0.05) is 18.2 Å². The molecule has 1 aromatic heterocycles. The van der Waals surface area contributed by atoms with E-state index in [0.717, 1.165) is 25.2 Å². The fourth-order valence-corrected chi connectivity index (χ4v) is 2.23. The Balaban J connectivity index is 1.86. The molecule has 1 aromatic carbocycles. The van der Waals surface area contributed by atoms with Crippen molar-refractivity contribution in [2.45, 2.75) is 13.0 Å². The van der Waals surface area contributed by atoms with E-state index in [4.69, 9.17) is 0 Å². The first kappa shape index (κ1) is 9.27. The number of para-hydroxylation sites is 1. The van der Waals surface area contributed by atoms with Crippen LogP contribution >= 0.6 is 0 Å². The molecule has 2 heterocycles. The molecule has 16 heavy (non-hydrogen) atoms. The van der Waals surface area contributed by atoms with Gasteiger partial charge in [0.05, 0.1) is 12.2 Å². The quantitative estimate of drug-likeness (QED) is 0.792. The van der Waals surface area contributed by atoms with Crippen LogP contribution < -0.4 is 10.5 Å². The van der Waals surface area contributed by atoms with Gasteiger partial charge >= 0.3 is 0 Å². The maximum atomic E-state index is 11.0. The SMILES string of the molecule is O=c1cc(CN2CCc3ccccc32)[nH][nH]1. The highest BCUT2D eigenvalue weighted by atomic mass is 16.1. The smallest absolute Gasteiger partial charge is 0.264 e. The summed E-state index contributed by atoms with van der Waals surface area (Å²) in [7, 11) is 0. The molecule has 0 spiro atoms. The van der Waals surface area contributed by atoms with E-state index < -0.39 is 0 Å². The molecular weight excluding hydrogens is 202 g/mol. The predicted molar refractivity (Wildman–Crippen MR) is 62.6 cm³/mol. The van der Waals surface area contributed by atoms with Gasteiger partial charge in [-0.05, 0) is 18.1 Å². The van der Waals surface area contributed by atoms with Crippen LogP contribution in [0.5, 0.6) is 0 Å². The summed E-state index contributed by atoms with van der Waals surface area (Å²) in [4.78, 5) is 13.3. The average molecular weight is 215 g/mol. The highest BCUT2D eigenvalue weighted by Gasteiger charge is 2.18. The van der Waals surface area contributed by atoms with Crippen LogP contribution in [0.3, 0.4) is 0 Å². The Hall–Kier alpha value is -1.97. The van der Waals surface area contributed by atoms with Crippen LogP contribution in [0, 0.1) is 0 Å². The number of aromatic amines is 2. The fraction of sp³-hybridized carbons (Fsp3) is 0.250. The lowest BCUT2D eigenvalue weighted by atomic mass is 10.2. The van der Waals surface area contributed by atoms with Gasteiger partial charge < -0.3 is 10.00 Å². The summed E-state index contributed by atoms with van der Waals surface area (Å²) in [5.74, 6) is 0. The van der Waals surface area contributed by atoms with Crippen LogP contribution in [0.15, 0.2) is 35.1 Å². The lowest BCUT2D eigenvalue weighted by molar-refractivity contribution is 0.807. The van der Waals surface area contributed by atoms with E-state index in [9.17, 15) is 4.79 Å². The fourth-order valence-electron chi connectivity index (χ4n) is 2.23. The average Bonchev–Trinajstić information content (AvgIpc) is 2.87. The molecule has 82 valence electrons. The Kier molecular flexibility index (Phi) is 2.06. The molecular formula is C12H13N3O. The monoisotopic (exact) mass is 215 g/mol. The van der Waals surface area contributed by atoms with Gasteiger partial charge in [0, 0.05) is 18.3 Å². The van der Waals surface area contributed by atoms with Crippen LogP contribution in [0.4, 0.5) is 5.69 Å². The maximum Gasteiger partial charge on any atom is 0.264 e. The van der Waals surface area contributed by atoms with Crippen molar-refractivity contribution in [1.29, 1.82) is 0 Å². The summed E-state index contributed by atoms with van der Waals surface area (Å²) < 4.78 is 0. The van der Waals surface area contributed by atoms with Crippen LogP contribution in [0.25, 0.3) is 0 Å². The molecule has 0 amide bonds. The summed E-state index contributed by atoms with van der Waals surface area (Å²) in [6, 6.07) is 10.0. The van der Waals surface area contributed by atoms with E-state index >= 15 is 0 Å². The highest BCUT2D eigenvalue weighted by Crippen LogP contribution is 2.28. The number of anilines is 1. The van der Waals surface area contributed by atoms with Crippen molar-refractivity contribution < 1.29 is 0 Å². The van der Waals surface area contributed by atoms with Gasteiger partial charge in [0.2, 0.25) is 0 Å². The molecule has 0 atom stereocenters. The molecule has 2 N–H and O–H groups in total. The van der Waals surface area contributed by atoms with E-state index in [0.29, 0.717) is 0 Å². The zero-order chi connectivity index (χ0) is 11.0. The zero-order valence-corrected chi connectivity index (χ0v) is 8.86. The molecule has 0 bridgehead atoms. The third-order valence-corrected chi connectivity index (χ3v) is 3.00. The minimum Gasteiger partial charge on any atom is -0.365 e. The molecule has 0 saturated heterocycles. The number of rotatable bonds is 2. The maximum absolute atomic E-state index is 11.0.